The molecule has 1 aromatic carbocycles. The Balaban J connectivity index is 1.96. The second kappa shape index (κ2) is 8.39. The third-order valence-electron chi connectivity index (χ3n) is 3.35. The van der Waals surface area contributed by atoms with Crippen molar-refractivity contribution in [2.24, 2.45) is 0 Å². The fraction of sp³-hybridized carbons (Fsp3) is 0.312. The van der Waals surface area contributed by atoms with Crippen LogP contribution >= 0.6 is 11.3 Å². The van der Waals surface area contributed by atoms with E-state index in [1.165, 1.54) is 49.6 Å². The maximum Gasteiger partial charge on any atom is 0.243 e. The van der Waals surface area contributed by atoms with Gasteiger partial charge in [0.25, 0.3) is 0 Å². The number of nitrogens with one attached hydrogen (secondary N) is 2. The maximum absolute atomic E-state index is 12.5. The first-order valence-corrected chi connectivity index (χ1v) is 10.0. The van der Waals surface area contributed by atoms with Crippen LogP contribution in [0, 0.1) is 6.92 Å². The molecule has 140 valence electrons. The average Bonchev–Trinajstić information content (AvgIpc) is 2.98. The Morgan fingerprint density at radius 1 is 1.23 bits per heavy atom. The van der Waals surface area contributed by atoms with Gasteiger partial charge in [0.05, 0.1) is 18.0 Å². The Morgan fingerprint density at radius 3 is 2.42 bits per heavy atom. The molecule has 1 aromatic heterocycles. The summed E-state index contributed by atoms with van der Waals surface area (Å²) in [5, 5.41) is 7.85. The molecular formula is C16H20N4O4S2. The summed E-state index contributed by atoms with van der Waals surface area (Å²) in [6.45, 7) is 3.18. The normalized spacial score (nSPS) is 11.4. The lowest BCUT2D eigenvalue weighted by Gasteiger charge is -2.17. The lowest BCUT2D eigenvalue weighted by atomic mass is 10.3. The molecular weight excluding hydrogens is 376 g/mol. The Kier molecular flexibility index (Phi) is 6.46. The molecule has 2 rings (SSSR count). The highest BCUT2D eigenvalue weighted by Crippen LogP contribution is 2.17. The number of amides is 2. The van der Waals surface area contributed by atoms with Crippen LogP contribution in [0.25, 0.3) is 0 Å². The minimum Gasteiger partial charge on any atom is -0.348 e. The molecule has 0 aliphatic heterocycles. The number of aryl methyl sites for hydroxylation is 1. The van der Waals surface area contributed by atoms with Gasteiger partial charge in [-0.25, -0.2) is 13.4 Å². The highest BCUT2D eigenvalue weighted by Gasteiger charge is 2.23. The lowest BCUT2D eigenvalue weighted by Crippen LogP contribution is -2.38. The molecule has 0 saturated heterocycles. The molecule has 0 atom stereocenters. The van der Waals surface area contributed by atoms with E-state index < -0.39 is 15.9 Å². The molecule has 0 spiro atoms. The predicted molar refractivity (Wildman–Crippen MR) is 99.3 cm³/mol. The molecule has 0 unspecified atom stereocenters. The average molecular weight is 396 g/mol. The largest absolute Gasteiger partial charge is 0.348 e. The van der Waals surface area contributed by atoms with E-state index >= 15 is 0 Å². The van der Waals surface area contributed by atoms with E-state index in [0.717, 1.165) is 15.0 Å². The van der Waals surface area contributed by atoms with Crippen molar-refractivity contribution >= 4 is 38.9 Å². The summed E-state index contributed by atoms with van der Waals surface area (Å²) in [7, 11) is -2.47. The van der Waals surface area contributed by atoms with E-state index in [2.05, 4.69) is 15.6 Å². The van der Waals surface area contributed by atoms with Crippen molar-refractivity contribution < 1.29 is 18.0 Å². The Labute approximate surface area is 156 Å². The Hall–Kier alpha value is -2.30. The summed E-state index contributed by atoms with van der Waals surface area (Å²) in [6.07, 6.45) is 0. The number of carbonyl (C=O) groups excluding carboxylic acids is 2. The van der Waals surface area contributed by atoms with E-state index in [1.807, 2.05) is 12.3 Å². The SMILES string of the molecule is CC(=O)Nc1ccc(S(=O)(=O)N(C)CC(=O)NCc2nc(C)cs2)cc1. The highest BCUT2D eigenvalue weighted by atomic mass is 32.2. The second-order valence-corrected chi connectivity index (χ2v) is 8.61. The monoisotopic (exact) mass is 396 g/mol. The van der Waals surface area contributed by atoms with Gasteiger partial charge in [-0.05, 0) is 31.2 Å². The van der Waals surface area contributed by atoms with Gasteiger partial charge in [-0.1, -0.05) is 0 Å². The number of thiazole rings is 1. The zero-order valence-corrected chi connectivity index (χ0v) is 16.3. The van der Waals surface area contributed by atoms with Crippen molar-refractivity contribution in [2.45, 2.75) is 25.3 Å². The molecule has 0 bridgehead atoms. The van der Waals surface area contributed by atoms with Gasteiger partial charge in [0.15, 0.2) is 0 Å². The lowest BCUT2D eigenvalue weighted by molar-refractivity contribution is -0.121. The minimum atomic E-state index is -3.81. The number of likely N-dealkylation sites (N-methyl/N-ethyl adjacent to an activating group) is 1. The summed E-state index contributed by atoms with van der Waals surface area (Å²) in [5.41, 5.74) is 1.37. The fourth-order valence-electron chi connectivity index (χ4n) is 2.09. The van der Waals surface area contributed by atoms with Crippen molar-refractivity contribution in [3.8, 4) is 0 Å². The van der Waals surface area contributed by atoms with Crippen LogP contribution in [-0.2, 0) is 26.2 Å². The number of aromatic nitrogens is 1. The van der Waals surface area contributed by atoms with Crippen molar-refractivity contribution in [3.05, 3.63) is 40.3 Å². The number of anilines is 1. The quantitative estimate of drug-likeness (QED) is 0.734. The predicted octanol–water partition coefficient (Wildman–Crippen LogP) is 1.35. The van der Waals surface area contributed by atoms with E-state index in [-0.39, 0.29) is 23.9 Å². The Morgan fingerprint density at radius 2 is 1.88 bits per heavy atom. The van der Waals surface area contributed by atoms with Gasteiger partial charge in [0.2, 0.25) is 21.8 Å². The number of carbonyl (C=O) groups is 2. The van der Waals surface area contributed by atoms with Crippen molar-refractivity contribution in [1.29, 1.82) is 0 Å². The number of benzene rings is 1. The molecule has 2 amide bonds. The summed E-state index contributed by atoms with van der Waals surface area (Å²) in [5.74, 6) is -0.663. The molecule has 26 heavy (non-hydrogen) atoms. The molecule has 8 nitrogen and oxygen atoms in total. The summed E-state index contributed by atoms with van der Waals surface area (Å²) < 4.78 is 26.0. The molecule has 1 heterocycles. The van der Waals surface area contributed by atoms with Crippen LogP contribution in [0.4, 0.5) is 5.69 Å². The summed E-state index contributed by atoms with van der Waals surface area (Å²) in [6, 6.07) is 5.75. The van der Waals surface area contributed by atoms with E-state index in [1.54, 1.807) is 0 Å². The van der Waals surface area contributed by atoms with Gasteiger partial charge < -0.3 is 10.6 Å². The number of sulfonamides is 1. The van der Waals surface area contributed by atoms with Crippen LogP contribution in [0.15, 0.2) is 34.5 Å². The molecule has 0 fully saturated rings. The van der Waals surface area contributed by atoms with Gasteiger partial charge in [-0.2, -0.15) is 4.31 Å². The number of nitrogens with zero attached hydrogens (tertiary/aromatic N) is 2. The van der Waals surface area contributed by atoms with Crippen LogP contribution < -0.4 is 10.6 Å². The zero-order chi connectivity index (χ0) is 19.3. The molecule has 2 N–H and O–H groups in total. The molecule has 10 heteroatoms. The second-order valence-electron chi connectivity index (χ2n) is 5.63. The van der Waals surface area contributed by atoms with Crippen LogP contribution in [0.1, 0.15) is 17.6 Å². The standard InChI is InChI=1S/C16H20N4O4S2/c1-11-10-25-16(18-11)8-17-15(22)9-20(3)26(23,24)14-6-4-13(5-7-14)19-12(2)21/h4-7,10H,8-9H2,1-3H3,(H,17,22)(H,19,21). The topological polar surface area (TPSA) is 108 Å². The molecule has 0 saturated carbocycles. The van der Waals surface area contributed by atoms with E-state index in [4.69, 9.17) is 0 Å². The number of hydrogen-bond acceptors (Lipinski definition) is 6. The van der Waals surface area contributed by atoms with Gasteiger partial charge in [0, 0.05) is 30.7 Å². The number of rotatable bonds is 7. The maximum atomic E-state index is 12.5. The van der Waals surface area contributed by atoms with Crippen molar-refractivity contribution in [1.82, 2.24) is 14.6 Å². The van der Waals surface area contributed by atoms with Crippen LogP contribution in [0.5, 0.6) is 0 Å². The third-order valence-corrected chi connectivity index (χ3v) is 6.14. The molecule has 2 aromatic rings. The van der Waals surface area contributed by atoms with E-state index in [0.29, 0.717) is 5.69 Å². The highest BCUT2D eigenvalue weighted by molar-refractivity contribution is 7.89. The fourth-order valence-corrected chi connectivity index (χ4v) is 3.93. The van der Waals surface area contributed by atoms with Crippen LogP contribution in [0.3, 0.4) is 0 Å². The van der Waals surface area contributed by atoms with Gasteiger partial charge in [-0.3, -0.25) is 9.59 Å². The summed E-state index contributed by atoms with van der Waals surface area (Å²) >= 11 is 1.43. The van der Waals surface area contributed by atoms with Crippen molar-refractivity contribution in [2.75, 3.05) is 18.9 Å². The molecule has 0 aliphatic carbocycles. The first-order chi connectivity index (χ1) is 12.2. The van der Waals surface area contributed by atoms with Gasteiger partial charge >= 0.3 is 0 Å². The summed E-state index contributed by atoms with van der Waals surface area (Å²) in [4.78, 5) is 27.3. The van der Waals surface area contributed by atoms with E-state index in [9.17, 15) is 18.0 Å². The van der Waals surface area contributed by atoms with Crippen molar-refractivity contribution in [3.63, 3.8) is 0 Å². The smallest absolute Gasteiger partial charge is 0.243 e. The first kappa shape index (κ1) is 20.0. The van der Waals surface area contributed by atoms with Gasteiger partial charge in [-0.15, -0.1) is 11.3 Å². The Bertz CT molecular complexity index is 891. The molecule has 0 aliphatic rings. The zero-order valence-electron chi connectivity index (χ0n) is 14.6. The number of hydrogen-bond donors (Lipinski definition) is 2. The van der Waals surface area contributed by atoms with Gasteiger partial charge in [0.1, 0.15) is 5.01 Å². The first-order valence-electron chi connectivity index (χ1n) is 7.70. The van der Waals surface area contributed by atoms with Crippen LogP contribution in [-0.4, -0.2) is 43.1 Å². The minimum absolute atomic E-state index is 0.0393. The van der Waals surface area contributed by atoms with Crippen LogP contribution in [0.2, 0.25) is 0 Å². The molecule has 0 radical (unpaired) electrons. The third kappa shape index (κ3) is 5.35.